The van der Waals surface area contributed by atoms with Crippen LogP contribution < -0.4 is 10.9 Å². The highest BCUT2D eigenvalue weighted by molar-refractivity contribution is 5.92. The quantitative estimate of drug-likeness (QED) is 0.824. The van der Waals surface area contributed by atoms with Gasteiger partial charge in [-0.05, 0) is 57.2 Å². The van der Waals surface area contributed by atoms with E-state index in [1.165, 1.54) is 23.6 Å². The summed E-state index contributed by atoms with van der Waals surface area (Å²) >= 11 is 0. The van der Waals surface area contributed by atoms with E-state index in [0.29, 0.717) is 11.7 Å². The zero-order valence-corrected chi connectivity index (χ0v) is 16.4. The molecule has 4 rings (SSSR count). The Bertz CT molecular complexity index is 830. The van der Waals surface area contributed by atoms with Crippen molar-refractivity contribution in [3.8, 4) is 5.69 Å². The van der Waals surface area contributed by atoms with Gasteiger partial charge in [0.1, 0.15) is 5.69 Å². The molecule has 2 N–H and O–H groups in total. The Kier molecular flexibility index (Phi) is 6.07. The van der Waals surface area contributed by atoms with Gasteiger partial charge in [-0.1, -0.05) is 17.7 Å². The maximum absolute atomic E-state index is 12.8. The molecule has 1 aliphatic heterocycles. The fourth-order valence-corrected chi connectivity index (χ4v) is 3.50. The van der Waals surface area contributed by atoms with E-state index in [9.17, 15) is 9.59 Å². The van der Waals surface area contributed by atoms with E-state index >= 15 is 0 Å². The van der Waals surface area contributed by atoms with E-state index in [1.807, 2.05) is 36.1 Å². The zero-order valence-electron chi connectivity index (χ0n) is 15.6. The monoisotopic (exact) mass is 390 g/mol. The van der Waals surface area contributed by atoms with Crippen LogP contribution in [0.2, 0.25) is 0 Å². The Labute approximate surface area is 165 Å². The van der Waals surface area contributed by atoms with Gasteiger partial charge in [-0.2, -0.15) is 0 Å². The van der Waals surface area contributed by atoms with Crippen LogP contribution in [-0.2, 0) is 0 Å². The summed E-state index contributed by atoms with van der Waals surface area (Å²) < 4.78 is 1.43. The van der Waals surface area contributed by atoms with Gasteiger partial charge in [0, 0.05) is 25.2 Å². The third-order valence-corrected chi connectivity index (χ3v) is 5.42. The van der Waals surface area contributed by atoms with Gasteiger partial charge in [0.2, 0.25) is 0 Å². The number of aromatic nitrogens is 2. The Hall–Kier alpha value is -2.05. The number of nitrogens with one attached hydrogen (secondary N) is 2. The summed E-state index contributed by atoms with van der Waals surface area (Å²) in [5.41, 5.74) is 2.02. The summed E-state index contributed by atoms with van der Waals surface area (Å²) in [7, 11) is 0. The van der Waals surface area contributed by atoms with Gasteiger partial charge in [0.25, 0.3) is 11.5 Å². The lowest BCUT2D eigenvalue weighted by molar-refractivity contribution is 0.0698. The molecule has 1 amide bonds. The maximum Gasteiger partial charge on any atom is 0.271 e. The Morgan fingerprint density at radius 2 is 1.81 bits per heavy atom. The van der Waals surface area contributed by atoms with Crippen LogP contribution in [0.4, 0.5) is 0 Å². The largest absolute Gasteiger partial charge is 0.337 e. The number of halogens is 1. The van der Waals surface area contributed by atoms with E-state index in [1.54, 1.807) is 0 Å². The number of piperidine rings is 1. The summed E-state index contributed by atoms with van der Waals surface area (Å²) in [6.45, 7) is 4.59. The van der Waals surface area contributed by atoms with Crippen LogP contribution in [0.5, 0.6) is 0 Å². The van der Waals surface area contributed by atoms with Crippen LogP contribution in [0.1, 0.15) is 41.7 Å². The maximum atomic E-state index is 12.8. The summed E-state index contributed by atoms with van der Waals surface area (Å²) in [5.74, 6) is 0.787. The lowest BCUT2D eigenvalue weighted by atomic mass is 10.0. The molecular weight excluding hydrogens is 364 g/mol. The van der Waals surface area contributed by atoms with Crippen molar-refractivity contribution < 1.29 is 4.79 Å². The predicted octanol–water partition coefficient (Wildman–Crippen LogP) is 2.50. The van der Waals surface area contributed by atoms with Gasteiger partial charge in [-0.25, -0.2) is 4.68 Å². The molecule has 6 nitrogen and oxygen atoms in total. The first-order chi connectivity index (χ1) is 12.6. The molecule has 2 aromatic rings. The minimum absolute atomic E-state index is 0. The first-order valence-corrected chi connectivity index (χ1v) is 9.52. The minimum atomic E-state index is -0.210. The van der Waals surface area contributed by atoms with Gasteiger partial charge >= 0.3 is 0 Å². The molecule has 2 fully saturated rings. The summed E-state index contributed by atoms with van der Waals surface area (Å²) in [4.78, 5) is 26.9. The fourth-order valence-electron chi connectivity index (χ4n) is 3.50. The van der Waals surface area contributed by atoms with Crippen LogP contribution in [-0.4, -0.2) is 46.3 Å². The molecule has 0 bridgehead atoms. The summed E-state index contributed by atoms with van der Waals surface area (Å²) in [6.07, 6.45) is 4.66. The Balaban J connectivity index is 0.00000210. The SMILES string of the molecule is Cc1ccc(-n2[nH]c(C(=O)N3CCC(NCC4CC4)CC3)cc2=O)cc1.Cl. The van der Waals surface area contributed by atoms with Gasteiger partial charge in [-0.3, -0.25) is 14.7 Å². The molecule has 0 atom stereocenters. The van der Waals surface area contributed by atoms with E-state index in [2.05, 4.69) is 10.4 Å². The predicted molar refractivity (Wildman–Crippen MR) is 108 cm³/mol. The molecule has 0 unspecified atom stereocenters. The van der Waals surface area contributed by atoms with Crippen molar-refractivity contribution in [3.63, 3.8) is 0 Å². The molecule has 1 aromatic heterocycles. The summed E-state index contributed by atoms with van der Waals surface area (Å²) in [6, 6.07) is 9.56. The van der Waals surface area contributed by atoms with Crippen molar-refractivity contribution in [1.82, 2.24) is 20.0 Å². The first kappa shape index (κ1) is 19.7. The van der Waals surface area contributed by atoms with Gasteiger partial charge in [0.05, 0.1) is 5.69 Å². The number of aryl methyl sites for hydroxylation is 1. The highest BCUT2D eigenvalue weighted by atomic mass is 35.5. The molecular formula is C20H27ClN4O2. The Morgan fingerprint density at radius 1 is 1.15 bits per heavy atom. The van der Waals surface area contributed by atoms with E-state index < -0.39 is 0 Å². The van der Waals surface area contributed by atoms with E-state index in [4.69, 9.17) is 0 Å². The van der Waals surface area contributed by atoms with Gasteiger partial charge in [-0.15, -0.1) is 12.4 Å². The normalized spacial score (nSPS) is 17.6. The number of nitrogens with zero attached hydrogens (tertiary/aromatic N) is 2. The number of hydrogen-bond acceptors (Lipinski definition) is 3. The van der Waals surface area contributed by atoms with Crippen molar-refractivity contribution in [2.45, 2.75) is 38.6 Å². The third kappa shape index (κ3) is 4.62. The van der Waals surface area contributed by atoms with Gasteiger partial charge < -0.3 is 10.2 Å². The molecule has 1 aliphatic carbocycles. The molecule has 2 heterocycles. The second kappa shape index (κ2) is 8.31. The molecule has 1 saturated carbocycles. The topological polar surface area (TPSA) is 70.1 Å². The zero-order chi connectivity index (χ0) is 18.1. The van der Waals surface area contributed by atoms with Crippen LogP contribution in [0.15, 0.2) is 35.1 Å². The number of likely N-dealkylation sites (tertiary alicyclic amines) is 1. The molecule has 1 saturated heterocycles. The molecule has 146 valence electrons. The second-order valence-corrected chi connectivity index (χ2v) is 7.60. The lowest BCUT2D eigenvalue weighted by Gasteiger charge is -2.32. The van der Waals surface area contributed by atoms with E-state index in [-0.39, 0.29) is 23.9 Å². The molecule has 0 spiro atoms. The van der Waals surface area contributed by atoms with Crippen LogP contribution in [0, 0.1) is 12.8 Å². The highest BCUT2D eigenvalue weighted by Gasteiger charge is 2.27. The first-order valence-electron chi connectivity index (χ1n) is 9.52. The van der Waals surface area contributed by atoms with Gasteiger partial charge in [0.15, 0.2) is 0 Å². The number of carbonyl (C=O) groups excluding carboxylic acids is 1. The smallest absolute Gasteiger partial charge is 0.271 e. The minimum Gasteiger partial charge on any atom is -0.337 e. The summed E-state index contributed by atoms with van der Waals surface area (Å²) in [5, 5.41) is 6.59. The standard InChI is InChI=1S/C20H26N4O2.ClH/c1-14-2-6-17(7-3-14)24-19(25)12-18(22-24)20(26)23-10-8-16(9-11-23)21-13-15-4-5-15;/h2-3,6-7,12,15-16,21-22H,4-5,8-11,13H2,1H3;1H. The van der Waals surface area contributed by atoms with Crippen molar-refractivity contribution in [2.24, 2.45) is 5.92 Å². The van der Waals surface area contributed by atoms with Crippen LogP contribution in [0.3, 0.4) is 0 Å². The molecule has 7 heteroatoms. The molecule has 1 aromatic carbocycles. The van der Waals surface area contributed by atoms with Crippen LogP contribution in [0.25, 0.3) is 5.69 Å². The number of benzene rings is 1. The van der Waals surface area contributed by atoms with Crippen molar-refractivity contribution in [2.75, 3.05) is 19.6 Å². The van der Waals surface area contributed by atoms with Crippen LogP contribution >= 0.6 is 12.4 Å². The molecule has 0 radical (unpaired) electrons. The third-order valence-electron chi connectivity index (χ3n) is 5.42. The number of rotatable bonds is 5. The van der Waals surface area contributed by atoms with Crippen molar-refractivity contribution >= 4 is 18.3 Å². The highest BCUT2D eigenvalue weighted by Crippen LogP contribution is 2.28. The van der Waals surface area contributed by atoms with E-state index in [0.717, 1.165) is 49.6 Å². The van der Waals surface area contributed by atoms with Crippen molar-refractivity contribution in [1.29, 1.82) is 0 Å². The number of carbonyl (C=O) groups is 1. The molecule has 2 aliphatic rings. The van der Waals surface area contributed by atoms with Crippen molar-refractivity contribution in [3.05, 3.63) is 51.9 Å². The number of hydrogen-bond donors (Lipinski definition) is 2. The lowest BCUT2D eigenvalue weighted by Crippen LogP contribution is -2.45. The second-order valence-electron chi connectivity index (χ2n) is 7.60. The average molecular weight is 391 g/mol. The Morgan fingerprint density at radius 3 is 2.44 bits per heavy atom. The average Bonchev–Trinajstić information content (AvgIpc) is 3.41. The fraction of sp³-hybridized carbons (Fsp3) is 0.500. The number of amides is 1. The molecule has 27 heavy (non-hydrogen) atoms. The number of H-pyrrole nitrogens is 1. The number of aromatic amines is 1.